The average molecular weight is 540 g/mol. The minimum absolute atomic E-state index is 0.213. The van der Waals surface area contributed by atoms with Gasteiger partial charge in [0.15, 0.2) is 0 Å². The molecule has 176 valence electrons. The number of aromatic nitrogens is 4. The first-order valence-corrected chi connectivity index (χ1v) is 15.7. The molecule has 4 nitrogen and oxygen atoms in total. The number of imidazole rings is 2. The predicted octanol–water partition coefficient (Wildman–Crippen LogP) is 2.58. The van der Waals surface area contributed by atoms with Crippen molar-refractivity contribution in [2.75, 3.05) is 0 Å². The summed E-state index contributed by atoms with van der Waals surface area (Å²) >= 11 is 11.0. The third-order valence-electron chi connectivity index (χ3n) is 8.96. The van der Waals surface area contributed by atoms with E-state index in [1.807, 2.05) is 0 Å². The van der Waals surface area contributed by atoms with Crippen LogP contribution in [0.1, 0.15) is 69.9 Å². The normalized spacial score (nSPS) is 21.7. The van der Waals surface area contributed by atoms with Crippen LogP contribution in [0.2, 0.25) is 0 Å². The van der Waals surface area contributed by atoms with Gasteiger partial charge >= 0.3 is 0 Å². The van der Waals surface area contributed by atoms with E-state index < -0.39 is 0 Å². The lowest BCUT2D eigenvalue weighted by Gasteiger charge is -2.64. The number of hydrogen-bond acceptors (Lipinski definition) is 2. The lowest BCUT2D eigenvalue weighted by Crippen LogP contribution is -2.59. The topological polar surface area (TPSA) is 57.4 Å². The highest BCUT2D eigenvalue weighted by Gasteiger charge is 2.62. The van der Waals surface area contributed by atoms with Crippen LogP contribution in [0, 0.1) is 0 Å². The van der Waals surface area contributed by atoms with Gasteiger partial charge in [0.1, 0.15) is 11.6 Å². The molecule has 0 amide bonds. The number of aromatic amines is 2. The van der Waals surface area contributed by atoms with Gasteiger partial charge in [-0.15, -0.1) is 0 Å². The van der Waals surface area contributed by atoms with Gasteiger partial charge in [0.2, 0.25) is 65.2 Å². The first kappa shape index (κ1) is 26.2. The maximum Gasteiger partial charge on any atom is 0.210 e. The quantitative estimate of drug-likeness (QED) is 0.354. The maximum absolute atomic E-state index is 4.79. The van der Waals surface area contributed by atoms with Gasteiger partial charge in [0.05, 0.1) is 0 Å². The van der Waals surface area contributed by atoms with E-state index in [9.17, 15) is 0 Å². The summed E-state index contributed by atoms with van der Waals surface area (Å²) in [7, 11) is 0. The molecule has 1 fully saturated rings. The number of nitrogens with one attached hydrogen (secondary N) is 2. The molecule has 8 radical (unpaired) electrons. The standard InChI is InChI=1S/C29H28N4.4Al/c1-3-5-11-29-13-12-28(29,10-4-2)24-8-6-20(26-30-14-15-31-26)18-22(24)23-19-21(7-9-25(23)29)27-32-16-17-33-27;;;;/h6-9,18-19H,3-5,10-13H2,1-2H3,(H,30,31)(H,32,33);;;;. The third-order valence-corrected chi connectivity index (χ3v) is 11.4. The van der Waals surface area contributed by atoms with Crippen LogP contribution in [0.3, 0.4) is 0 Å². The second-order valence-electron chi connectivity index (χ2n) is 10.8. The average Bonchev–Trinajstić information content (AvgIpc) is 3.41. The van der Waals surface area contributed by atoms with Gasteiger partial charge in [-0.3, -0.25) is 9.97 Å². The lowest BCUT2D eigenvalue weighted by molar-refractivity contribution is 0.0471. The van der Waals surface area contributed by atoms with Gasteiger partial charge in [-0.1, -0.05) is 75.6 Å². The highest BCUT2D eigenvalue weighted by Crippen LogP contribution is 2.69. The fourth-order valence-corrected chi connectivity index (χ4v) is 7.96. The van der Waals surface area contributed by atoms with Crippen LogP contribution in [0.15, 0.2) is 36.4 Å². The summed E-state index contributed by atoms with van der Waals surface area (Å²) in [4.78, 5) is 16.5. The van der Waals surface area contributed by atoms with E-state index in [2.05, 4.69) is 125 Å². The monoisotopic (exact) mass is 540 g/mol. The number of unbranched alkanes of at least 4 members (excludes halogenated alkanes) is 1. The van der Waals surface area contributed by atoms with Gasteiger partial charge < -0.3 is 9.97 Å². The Morgan fingerprint density at radius 1 is 0.703 bits per heavy atom. The molecule has 4 aromatic rings. The van der Waals surface area contributed by atoms with E-state index in [0.29, 0.717) is 0 Å². The number of hydrogen-bond donors (Lipinski definition) is 2. The van der Waals surface area contributed by atoms with E-state index in [1.54, 1.807) is 0 Å². The molecule has 6 rings (SSSR count). The van der Waals surface area contributed by atoms with Crippen LogP contribution in [0.4, 0.5) is 0 Å². The Bertz CT molecular complexity index is 1470. The Morgan fingerprint density at radius 2 is 1.19 bits per heavy atom. The Kier molecular flexibility index (Phi) is 7.00. The van der Waals surface area contributed by atoms with Gasteiger partial charge in [0.25, 0.3) is 0 Å². The molecule has 0 bridgehead atoms. The second-order valence-corrected chi connectivity index (χ2v) is 13.1. The van der Waals surface area contributed by atoms with Gasteiger partial charge in [-0.2, -0.15) is 0 Å². The molecule has 2 aromatic carbocycles. The van der Waals surface area contributed by atoms with Crippen molar-refractivity contribution in [1.82, 2.24) is 19.9 Å². The highest BCUT2D eigenvalue weighted by molar-refractivity contribution is 6.47. The zero-order chi connectivity index (χ0) is 25.9. The molecule has 2 aromatic heterocycles. The largest absolute Gasteiger partial charge is 0.362 e. The zero-order valence-electron chi connectivity index (χ0n) is 21.6. The maximum atomic E-state index is 4.79. The van der Waals surface area contributed by atoms with Crippen molar-refractivity contribution in [2.24, 2.45) is 0 Å². The van der Waals surface area contributed by atoms with Crippen molar-refractivity contribution in [3.63, 3.8) is 0 Å². The van der Waals surface area contributed by atoms with E-state index in [4.69, 9.17) is 9.97 Å². The minimum Gasteiger partial charge on any atom is -0.362 e. The molecule has 0 aliphatic heterocycles. The molecular formula is C29H28Al4N4. The van der Waals surface area contributed by atoms with Crippen LogP contribution in [0.25, 0.3) is 33.9 Å². The van der Waals surface area contributed by atoms with Crippen LogP contribution in [-0.2, 0) is 10.8 Å². The minimum atomic E-state index is 0.213. The van der Waals surface area contributed by atoms with E-state index in [-0.39, 0.29) is 10.8 Å². The summed E-state index contributed by atoms with van der Waals surface area (Å²) < 4.78 is 3.92. The van der Waals surface area contributed by atoms with Crippen molar-refractivity contribution in [3.8, 4) is 33.9 Å². The van der Waals surface area contributed by atoms with E-state index in [0.717, 1.165) is 41.0 Å². The number of benzene rings is 2. The summed E-state index contributed by atoms with van der Waals surface area (Å²) in [6, 6.07) is 14.2. The summed E-state index contributed by atoms with van der Waals surface area (Å²) in [5.74, 6) is 1.84. The SMILES string of the molecule is CCCCC12CCC1(CCC)c1ccc(-c3n[c]([Al])[c]([Al])[nH]3)cc1-c1cc(-c3n[c]([Al])[c]([Al])[nH]3)ccc12. The summed E-state index contributed by atoms with van der Waals surface area (Å²) in [5, 5.41) is 0. The van der Waals surface area contributed by atoms with Crippen molar-refractivity contribution < 1.29 is 0 Å². The zero-order valence-corrected chi connectivity index (χ0v) is 26.2. The van der Waals surface area contributed by atoms with Crippen LogP contribution in [0.5, 0.6) is 0 Å². The highest BCUT2D eigenvalue weighted by atomic mass is 27.1. The number of H-pyrrole nitrogens is 2. The molecule has 2 aliphatic rings. The van der Waals surface area contributed by atoms with Gasteiger partial charge in [-0.25, -0.2) is 0 Å². The molecule has 37 heavy (non-hydrogen) atoms. The summed E-state index contributed by atoms with van der Waals surface area (Å²) in [6.45, 7) is 4.68. The molecule has 0 spiro atoms. The molecule has 0 saturated heterocycles. The molecule has 1 saturated carbocycles. The Labute approximate surface area is 252 Å². The molecule has 2 unspecified atom stereocenters. The Morgan fingerprint density at radius 3 is 1.57 bits per heavy atom. The summed E-state index contributed by atoms with van der Waals surface area (Å²) in [6.07, 6.45) is 8.75. The predicted molar refractivity (Wildman–Crippen MR) is 156 cm³/mol. The van der Waals surface area contributed by atoms with E-state index >= 15 is 0 Å². The number of rotatable bonds is 7. The lowest BCUT2D eigenvalue weighted by atomic mass is 9.39. The fraction of sp³-hybridized carbons (Fsp3) is 0.379. The molecular weight excluding hydrogens is 512 g/mol. The molecule has 2 heterocycles. The van der Waals surface area contributed by atoms with Crippen molar-refractivity contribution in [2.45, 2.75) is 69.6 Å². The van der Waals surface area contributed by atoms with E-state index in [1.165, 1.54) is 67.2 Å². The second kappa shape index (κ2) is 9.87. The first-order valence-electron chi connectivity index (χ1n) is 13.4. The smallest absolute Gasteiger partial charge is 0.210 e. The van der Waals surface area contributed by atoms with Crippen LogP contribution >= 0.6 is 0 Å². The number of nitrogens with zero attached hydrogens (tertiary/aromatic N) is 2. The molecule has 8 heteroatoms. The Balaban J connectivity index is 1.60. The van der Waals surface area contributed by atoms with Gasteiger partial charge in [-0.05, 0) is 60.1 Å². The molecule has 2 aliphatic carbocycles. The van der Waals surface area contributed by atoms with Crippen LogP contribution < -0.4 is 18.2 Å². The third kappa shape index (κ3) is 3.97. The fourth-order valence-electron chi connectivity index (χ4n) is 7.15. The van der Waals surface area contributed by atoms with Crippen LogP contribution in [-0.4, -0.2) is 85.1 Å². The Hall–Kier alpha value is -1.01. The van der Waals surface area contributed by atoms with Crippen molar-refractivity contribution in [1.29, 1.82) is 0 Å². The molecule has 2 N–H and O–H groups in total. The summed E-state index contributed by atoms with van der Waals surface area (Å²) in [5.41, 5.74) is 8.51. The first-order chi connectivity index (χ1) is 17.8. The van der Waals surface area contributed by atoms with Crippen molar-refractivity contribution in [3.05, 3.63) is 47.5 Å². The van der Waals surface area contributed by atoms with Crippen molar-refractivity contribution >= 4 is 83.4 Å². The number of fused-ring (bicyclic) bond motifs is 6. The van der Waals surface area contributed by atoms with Gasteiger partial charge in [0, 0.05) is 22.0 Å². The molecule has 2 atom stereocenters.